The van der Waals surface area contributed by atoms with Crippen LogP contribution in [0.15, 0.2) is 35.3 Å². The van der Waals surface area contributed by atoms with E-state index in [1.165, 1.54) is 0 Å². The number of hydrogen-bond acceptors (Lipinski definition) is 5. The van der Waals surface area contributed by atoms with Crippen LogP contribution in [0.2, 0.25) is 0 Å². The largest absolute Gasteiger partial charge is 0.475 e. The number of amides is 2. The van der Waals surface area contributed by atoms with Gasteiger partial charge in [-0.3, -0.25) is 14.6 Å². The lowest BCUT2D eigenvalue weighted by Crippen LogP contribution is -2.54. The number of nitrogens with zero attached hydrogens (tertiary/aromatic N) is 1. The first-order valence-electron chi connectivity index (χ1n) is 10.2. The Morgan fingerprint density at radius 3 is 2.40 bits per heavy atom. The SMILES string of the molecule is CN=C(N)NCCC[C@H](NC(=O)Cc1ccccc1)C(=O)N[C@@H](CC(C)C)B(O)O. The Morgan fingerprint density at radius 2 is 1.83 bits per heavy atom. The molecular formula is C20H34BN5O4. The fourth-order valence-electron chi connectivity index (χ4n) is 2.94. The number of rotatable bonds is 12. The van der Waals surface area contributed by atoms with Crippen LogP contribution >= 0.6 is 0 Å². The molecule has 0 radical (unpaired) electrons. The third-order valence-corrected chi connectivity index (χ3v) is 4.49. The molecule has 0 bridgehead atoms. The van der Waals surface area contributed by atoms with Crippen molar-refractivity contribution >= 4 is 24.9 Å². The number of guanidine groups is 1. The van der Waals surface area contributed by atoms with Gasteiger partial charge >= 0.3 is 7.12 Å². The van der Waals surface area contributed by atoms with Crippen molar-refractivity contribution in [2.24, 2.45) is 16.6 Å². The Labute approximate surface area is 178 Å². The maximum Gasteiger partial charge on any atom is 0.475 e. The van der Waals surface area contributed by atoms with Crippen LogP contribution in [0, 0.1) is 5.92 Å². The molecule has 10 heteroatoms. The minimum atomic E-state index is -1.68. The summed E-state index contributed by atoms with van der Waals surface area (Å²) >= 11 is 0. The van der Waals surface area contributed by atoms with Crippen molar-refractivity contribution < 1.29 is 19.6 Å². The molecule has 1 rings (SSSR count). The molecule has 0 saturated heterocycles. The van der Waals surface area contributed by atoms with Crippen molar-refractivity contribution in [3.05, 3.63) is 35.9 Å². The highest BCUT2D eigenvalue weighted by molar-refractivity contribution is 6.43. The molecule has 2 atom stereocenters. The molecule has 0 aliphatic carbocycles. The molecule has 7 N–H and O–H groups in total. The lowest BCUT2D eigenvalue weighted by Gasteiger charge is -2.24. The van der Waals surface area contributed by atoms with Crippen molar-refractivity contribution in [1.82, 2.24) is 16.0 Å². The lowest BCUT2D eigenvalue weighted by atomic mass is 9.75. The third kappa shape index (κ3) is 10.3. The second kappa shape index (κ2) is 13.6. The summed E-state index contributed by atoms with van der Waals surface area (Å²) in [4.78, 5) is 29.1. The van der Waals surface area contributed by atoms with E-state index in [-0.39, 0.29) is 18.2 Å². The van der Waals surface area contributed by atoms with E-state index < -0.39 is 25.0 Å². The van der Waals surface area contributed by atoms with E-state index in [0.717, 1.165) is 5.56 Å². The second-order valence-electron chi connectivity index (χ2n) is 7.62. The fourth-order valence-corrected chi connectivity index (χ4v) is 2.94. The number of carbonyl (C=O) groups excluding carboxylic acids is 2. The maximum atomic E-state index is 12.8. The Bertz CT molecular complexity index is 685. The van der Waals surface area contributed by atoms with Gasteiger partial charge in [0.1, 0.15) is 6.04 Å². The van der Waals surface area contributed by atoms with Crippen molar-refractivity contribution in [2.75, 3.05) is 13.6 Å². The molecule has 0 unspecified atom stereocenters. The molecule has 30 heavy (non-hydrogen) atoms. The highest BCUT2D eigenvalue weighted by Gasteiger charge is 2.29. The topological polar surface area (TPSA) is 149 Å². The minimum absolute atomic E-state index is 0.149. The highest BCUT2D eigenvalue weighted by atomic mass is 16.4. The van der Waals surface area contributed by atoms with Gasteiger partial charge < -0.3 is 31.7 Å². The molecule has 0 aromatic heterocycles. The highest BCUT2D eigenvalue weighted by Crippen LogP contribution is 2.08. The van der Waals surface area contributed by atoms with Gasteiger partial charge in [0, 0.05) is 13.6 Å². The normalized spacial score (nSPS) is 13.5. The third-order valence-electron chi connectivity index (χ3n) is 4.49. The van der Waals surface area contributed by atoms with Crippen LogP contribution in [0.4, 0.5) is 0 Å². The Hall–Kier alpha value is -2.59. The van der Waals surface area contributed by atoms with E-state index in [1.54, 1.807) is 7.05 Å². The van der Waals surface area contributed by atoms with Gasteiger partial charge in [-0.1, -0.05) is 44.2 Å². The first kappa shape index (κ1) is 25.5. The molecule has 0 spiro atoms. The van der Waals surface area contributed by atoms with Crippen molar-refractivity contribution in [3.8, 4) is 0 Å². The number of aliphatic imine (C=N–C) groups is 1. The van der Waals surface area contributed by atoms with E-state index in [4.69, 9.17) is 5.73 Å². The van der Waals surface area contributed by atoms with Crippen LogP contribution < -0.4 is 21.7 Å². The fraction of sp³-hybridized carbons (Fsp3) is 0.550. The monoisotopic (exact) mass is 419 g/mol. The zero-order valence-corrected chi connectivity index (χ0v) is 18.0. The summed E-state index contributed by atoms with van der Waals surface area (Å²) in [5, 5.41) is 27.5. The number of benzene rings is 1. The molecule has 2 amide bonds. The van der Waals surface area contributed by atoms with E-state index in [0.29, 0.717) is 31.8 Å². The van der Waals surface area contributed by atoms with Crippen molar-refractivity contribution in [2.45, 2.75) is 51.5 Å². The summed E-state index contributed by atoms with van der Waals surface area (Å²) in [6.07, 6.45) is 1.46. The lowest BCUT2D eigenvalue weighted by molar-refractivity contribution is -0.129. The van der Waals surface area contributed by atoms with E-state index in [9.17, 15) is 19.6 Å². The number of carbonyl (C=O) groups is 2. The molecule has 0 aliphatic rings. The van der Waals surface area contributed by atoms with Gasteiger partial charge in [0.25, 0.3) is 0 Å². The summed E-state index contributed by atoms with van der Waals surface area (Å²) in [5.74, 6) is -1.10. The molecule has 9 nitrogen and oxygen atoms in total. The molecule has 0 saturated carbocycles. The summed E-state index contributed by atoms with van der Waals surface area (Å²) < 4.78 is 0. The second-order valence-corrected chi connectivity index (χ2v) is 7.62. The van der Waals surface area contributed by atoms with Gasteiger partial charge in [-0.2, -0.15) is 0 Å². The molecule has 0 fully saturated rings. The predicted molar refractivity (Wildman–Crippen MR) is 118 cm³/mol. The summed E-state index contributed by atoms with van der Waals surface area (Å²) in [6.45, 7) is 4.33. The molecular weight excluding hydrogens is 385 g/mol. The van der Waals surface area contributed by atoms with Gasteiger partial charge in [0.15, 0.2) is 5.96 Å². The van der Waals surface area contributed by atoms with Crippen LogP contribution in [-0.2, 0) is 16.0 Å². The van der Waals surface area contributed by atoms with E-state index in [2.05, 4.69) is 20.9 Å². The number of hydrogen-bond donors (Lipinski definition) is 6. The van der Waals surface area contributed by atoms with Gasteiger partial charge in [0.05, 0.1) is 12.4 Å². The van der Waals surface area contributed by atoms with Gasteiger partial charge in [-0.15, -0.1) is 0 Å². The Morgan fingerprint density at radius 1 is 1.17 bits per heavy atom. The zero-order valence-electron chi connectivity index (χ0n) is 18.0. The maximum absolute atomic E-state index is 12.8. The average Bonchev–Trinajstić information content (AvgIpc) is 2.69. The first-order chi connectivity index (χ1) is 14.2. The van der Waals surface area contributed by atoms with Crippen LogP contribution in [0.3, 0.4) is 0 Å². The molecule has 0 aliphatic heterocycles. The van der Waals surface area contributed by atoms with Crippen molar-refractivity contribution in [1.29, 1.82) is 0 Å². The van der Waals surface area contributed by atoms with Crippen LogP contribution in [0.1, 0.15) is 38.7 Å². The Balaban J connectivity index is 2.76. The van der Waals surface area contributed by atoms with Gasteiger partial charge in [0.2, 0.25) is 11.8 Å². The predicted octanol–water partition coefficient (Wildman–Crippen LogP) is -0.429. The van der Waals surface area contributed by atoms with Crippen LogP contribution in [0.25, 0.3) is 0 Å². The minimum Gasteiger partial charge on any atom is -0.426 e. The standard InChI is InChI=1S/C20H34BN5O4/c1-14(2)12-17(21(29)30)26-19(28)16(10-7-11-24-20(22)23-3)25-18(27)13-15-8-5-4-6-9-15/h4-6,8-9,14,16-17,29-30H,7,10-13H2,1-3H3,(H,25,27)(H,26,28)(H3,22,23,24)/t16-,17-/m0/s1. The molecule has 1 aromatic carbocycles. The average molecular weight is 419 g/mol. The van der Waals surface area contributed by atoms with Gasteiger partial charge in [-0.25, -0.2) is 0 Å². The van der Waals surface area contributed by atoms with E-state index >= 15 is 0 Å². The number of nitrogens with two attached hydrogens (primary N) is 1. The Kier molecular flexibility index (Phi) is 11.5. The van der Waals surface area contributed by atoms with Gasteiger partial charge in [-0.05, 0) is 30.7 Å². The smallest absolute Gasteiger partial charge is 0.426 e. The van der Waals surface area contributed by atoms with E-state index in [1.807, 2.05) is 44.2 Å². The zero-order chi connectivity index (χ0) is 22.5. The summed E-state index contributed by atoms with van der Waals surface area (Å²) in [6, 6.07) is 8.43. The van der Waals surface area contributed by atoms with Crippen molar-refractivity contribution in [3.63, 3.8) is 0 Å². The summed E-state index contributed by atoms with van der Waals surface area (Å²) in [7, 11) is -0.114. The first-order valence-corrected chi connectivity index (χ1v) is 10.2. The van der Waals surface area contributed by atoms with Crippen LogP contribution in [0.5, 0.6) is 0 Å². The van der Waals surface area contributed by atoms with Crippen LogP contribution in [-0.4, -0.2) is 60.5 Å². The quantitative estimate of drug-likeness (QED) is 0.117. The number of nitrogens with one attached hydrogen (secondary N) is 3. The molecule has 166 valence electrons. The molecule has 1 aromatic rings. The molecule has 0 heterocycles. The summed E-state index contributed by atoms with van der Waals surface area (Å²) in [5.41, 5.74) is 6.44.